The van der Waals surface area contributed by atoms with Crippen LogP contribution in [0.2, 0.25) is 10.0 Å². The van der Waals surface area contributed by atoms with E-state index in [1.807, 2.05) is 0 Å². The minimum Gasteiger partial charge on any atom is -0.326 e. The van der Waals surface area contributed by atoms with Gasteiger partial charge >= 0.3 is 0 Å². The van der Waals surface area contributed by atoms with Crippen molar-refractivity contribution < 1.29 is 4.39 Å². The standard InChI is InChI=1S/C7H6Cl2FN.ClH/c8-5-1-4(3-11)7(10)6(9)2-5;/h1-2H,3,11H2;1H. The van der Waals surface area contributed by atoms with Crippen molar-refractivity contribution >= 4 is 35.6 Å². The van der Waals surface area contributed by atoms with Crippen LogP contribution < -0.4 is 5.73 Å². The Bertz CT molecular complexity index is 278. The lowest BCUT2D eigenvalue weighted by Crippen LogP contribution is -1.99. The van der Waals surface area contributed by atoms with E-state index in [0.29, 0.717) is 10.6 Å². The van der Waals surface area contributed by atoms with Crippen LogP contribution in [0.5, 0.6) is 0 Å². The minimum absolute atomic E-state index is 0. The lowest BCUT2D eigenvalue weighted by Gasteiger charge is -2.01. The van der Waals surface area contributed by atoms with E-state index in [-0.39, 0.29) is 24.0 Å². The zero-order valence-corrected chi connectivity index (χ0v) is 8.31. The fraction of sp³-hybridized carbons (Fsp3) is 0.143. The molecule has 1 rings (SSSR count). The lowest BCUT2D eigenvalue weighted by atomic mass is 10.2. The molecular weight excluding hydrogens is 223 g/mol. The Morgan fingerprint density at radius 3 is 2.42 bits per heavy atom. The molecule has 68 valence electrons. The zero-order valence-electron chi connectivity index (χ0n) is 5.98. The van der Waals surface area contributed by atoms with Gasteiger partial charge in [-0.1, -0.05) is 23.2 Å². The van der Waals surface area contributed by atoms with Crippen molar-refractivity contribution in [3.63, 3.8) is 0 Å². The Hall–Kier alpha value is -0.0200. The van der Waals surface area contributed by atoms with Crippen molar-refractivity contribution in [2.45, 2.75) is 6.54 Å². The van der Waals surface area contributed by atoms with Crippen LogP contribution in [-0.4, -0.2) is 0 Å². The Labute approximate surface area is 86.1 Å². The molecule has 5 heteroatoms. The second-order valence-electron chi connectivity index (χ2n) is 2.06. The fourth-order valence-corrected chi connectivity index (χ4v) is 1.29. The molecule has 1 aromatic rings. The molecule has 0 aliphatic heterocycles. The summed E-state index contributed by atoms with van der Waals surface area (Å²) in [5, 5.41) is 0.412. The van der Waals surface area contributed by atoms with E-state index >= 15 is 0 Å². The van der Waals surface area contributed by atoms with Gasteiger partial charge in [0.15, 0.2) is 0 Å². The van der Waals surface area contributed by atoms with Gasteiger partial charge in [-0.15, -0.1) is 12.4 Å². The SMILES string of the molecule is Cl.NCc1cc(Cl)cc(Cl)c1F. The lowest BCUT2D eigenvalue weighted by molar-refractivity contribution is 0.611. The largest absolute Gasteiger partial charge is 0.326 e. The molecular formula is C7H7Cl3FN. The third-order valence-corrected chi connectivity index (χ3v) is 1.78. The van der Waals surface area contributed by atoms with Crippen LogP contribution in [0, 0.1) is 5.82 Å². The first-order valence-corrected chi connectivity index (χ1v) is 3.74. The monoisotopic (exact) mass is 229 g/mol. The highest BCUT2D eigenvalue weighted by Gasteiger charge is 2.06. The zero-order chi connectivity index (χ0) is 8.43. The molecule has 0 radical (unpaired) electrons. The molecule has 0 saturated carbocycles. The summed E-state index contributed by atoms with van der Waals surface area (Å²) in [5.41, 5.74) is 5.57. The summed E-state index contributed by atoms with van der Waals surface area (Å²) in [4.78, 5) is 0. The quantitative estimate of drug-likeness (QED) is 0.738. The topological polar surface area (TPSA) is 26.0 Å². The fourth-order valence-electron chi connectivity index (χ4n) is 0.758. The average Bonchev–Trinajstić information content (AvgIpc) is 1.96. The number of benzene rings is 1. The summed E-state index contributed by atoms with van der Waals surface area (Å²) in [6.07, 6.45) is 0. The van der Waals surface area contributed by atoms with Crippen LogP contribution in [0.3, 0.4) is 0 Å². The Morgan fingerprint density at radius 2 is 1.92 bits per heavy atom. The van der Waals surface area contributed by atoms with Crippen molar-refractivity contribution in [3.05, 3.63) is 33.6 Å². The molecule has 0 heterocycles. The predicted octanol–water partition coefficient (Wildman–Crippen LogP) is 3.01. The highest BCUT2D eigenvalue weighted by atomic mass is 35.5. The summed E-state index contributed by atoms with van der Waals surface area (Å²) in [6, 6.07) is 2.81. The van der Waals surface area contributed by atoms with Gasteiger partial charge in [-0.3, -0.25) is 0 Å². The predicted molar refractivity (Wildman–Crippen MR) is 51.6 cm³/mol. The second kappa shape index (κ2) is 4.87. The summed E-state index contributed by atoms with van der Waals surface area (Å²) in [5.74, 6) is -0.487. The van der Waals surface area contributed by atoms with E-state index < -0.39 is 5.82 Å². The molecule has 1 aromatic carbocycles. The van der Waals surface area contributed by atoms with E-state index in [9.17, 15) is 4.39 Å². The molecule has 0 amide bonds. The summed E-state index contributed by atoms with van der Waals surface area (Å²) >= 11 is 11.1. The van der Waals surface area contributed by atoms with Crippen LogP contribution in [0.1, 0.15) is 5.56 Å². The number of hydrogen-bond acceptors (Lipinski definition) is 1. The van der Waals surface area contributed by atoms with Gasteiger partial charge in [0.2, 0.25) is 0 Å². The third-order valence-electron chi connectivity index (χ3n) is 1.29. The first-order valence-electron chi connectivity index (χ1n) is 2.98. The maximum Gasteiger partial charge on any atom is 0.146 e. The van der Waals surface area contributed by atoms with E-state index in [2.05, 4.69) is 0 Å². The van der Waals surface area contributed by atoms with Crippen LogP contribution in [0.4, 0.5) is 4.39 Å². The highest BCUT2D eigenvalue weighted by molar-refractivity contribution is 6.34. The molecule has 0 bridgehead atoms. The third kappa shape index (κ3) is 2.49. The van der Waals surface area contributed by atoms with Crippen LogP contribution in [0.25, 0.3) is 0 Å². The molecule has 12 heavy (non-hydrogen) atoms. The maximum atomic E-state index is 12.9. The van der Waals surface area contributed by atoms with Gasteiger partial charge in [0.05, 0.1) is 5.02 Å². The average molecular weight is 230 g/mol. The van der Waals surface area contributed by atoms with Crippen LogP contribution in [-0.2, 0) is 6.54 Å². The number of hydrogen-bond donors (Lipinski definition) is 1. The van der Waals surface area contributed by atoms with Gasteiger partial charge in [-0.2, -0.15) is 0 Å². The van der Waals surface area contributed by atoms with Crippen molar-refractivity contribution in [2.24, 2.45) is 5.73 Å². The van der Waals surface area contributed by atoms with Gasteiger partial charge < -0.3 is 5.73 Å². The Balaban J connectivity index is 0.00000121. The molecule has 2 N–H and O–H groups in total. The van der Waals surface area contributed by atoms with Gasteiger partial charge in [0.25, 0.3) is 0 Å². The number of halogens is 4. The van der Waals surface area contributed by atoms with Gasteiger partial charge in [-0.05, 0) is 12.1 Å². The van der Waals surface area contributed by atoms with Gasteiger partial charge in [0.1, 0.15) is 5.82 Å². The molecule has 0 aliphatic rings. The van der Waals surface area contributed by atoms with E-state index in [0.717, 1.165) is 0 Å². The van der Waals surface area contributed by atoms with E-state index in [1.54, 1.807) is 0 Å². The van der Waals surface area contributed by atoms with Crippen molar-refractivity contribution in [2.75, 3.05) is 0 Å². The van der Waals surface area contributed by atoms with Crippen LogP contribution in [0.15, 0.2) is 12.1 Å². The summed E-state index contributed by atoms with van der Waals surface area (Å²) in [6.45, 7) is 0.103. The normalized spacial score (nSPS) is 9.33. The van der Waals surface area contributed by atoms with Crippen molar-refractivity contribution in [3.8, 4) is 0 Å². The molecule has 0 unspecified atom stereocenters. The Morgan fingerprint density at radius 1 is 1.33 bits per heavy atom. The molecule has 0 aromatic heterocycles. The van der Waals surface area contributed by atoms with E-state index in [1.165, 1.54) is 12.1 Å². The highest BCUT2D eigenvalue weighted by Crippen LogP contribution is 2.23. The summed E-state index contributed by atoms with van der Waals surface area (Å²) in [7, 11) is 0. The minimum atomic E-state index is -0.487. The molecule has 0 aliphatic carbocycles. The van der Waals surface area contributed by atoms with E-state index in [4.69, 9.17) is 28.9 Å². The van der Waals surface area contributed by atoms with Crippen molar-refractivity contribution in [1.82, 2.24) is 0 Å². The van der Waals surface area contributed by atoms with Gasteiger partial charge in [-0.25, -0.2) is 4.39 Å². The summed E-state index contributed by atoms with van der Waals surface area (Å²) < 4.78 is 12.9. The molecule has 0 saturated heterocycles. The number of nitrogens with two attached hydrogens (primary N) is 1. The smallest absolute Gasteiger partial charge is 0.146 e. The molecule has 0 spiro atoms. The van der Waals surface area contributed by atoms with Crippen molar-refractivity contribution in [1.29, 1.82) is 0 Å². The first-order chi connectivity index (χ1) is 5.15. The van der Waals surface area contributed by atoms with Crippen LogP contribution >= 0.6 is 35.6 Å². The number of rotatable bonds is 1. The maximum absolute atomic E-state index is 12.9. The first kappa shape index (κ1) is 12.0. The second-order valence-corrected chi connectivity index (χ2v) is 2.91. The molecule has 1 nitrogen and oxygen atoms in total. The molecule has 0 atom stereocenters. The van der Waals surface area contributed by atoms with Gasteiger partial charge in [0, 0.05) is 17.1 Å². The Kier molecular flexibility index (Phi) is 4.87. The molecule has 0 fully saturated rings.